The van der Waals surface area contributed by atoms with Crippen LogP contribution < -0.4 is 5.73 Å². The number of primary amides is 1. The highest BCUT2D eigenvalue weighted by molar-refractivity contribution is 7.95. The van der Waals surface area contributed by atoms with E-state index in [1.165, 1.54) is 36.4 Å². The van der Waals surface area contributed by atoms with Gasteiger partial charge in [-0.15, -0.1) is 0 Å². The predicted molar refractivity (Wildman–Crippen MR) is 99.4 cm³/mol. The van der Waals surface area contributed by atoms with E-state index in [9.17, 15) is 23.3 Å². The number of non-ortho nitro benzene ring substituents is 1. The number of rotatable bonds is 6. The first-order valence-corrected chi connectivity index (χ1v) is 9.44. The number of hydrogen-bond acceptors (Lipinski definition) is 5. The third-order valence-electron chi connectivity index (χ3n) is 3.35. The van der Waals surface area contributed by atoms with Gasteiger partial charge in [0.05, 0.1) is 20.7 Å². The first kappa shape index (κ1) is 19.9. The maximum atomic E-state index is 12.6. The third kappa shape index (κ3) is 4.60. The Hall–Kier alpha value is -2.42. The molecule has 0 radical (unpaired) electrons. The van der Waals surface area contributed by atoms with Crippen LogP contribution in [0.5, 0.6) is 0 Å². The second-order valence-corrected chi connectivity index (χ2v) is 7.94. The maximum absolute atomic E-state index is 12.6. The van der Waals surface area contributed by atoms with E-state index < -0.39 is 31.3 Å². The molecule has 136 valence electrons. The van der Waals surface area contributed by atoms with Crippen molar-refractivity contribution < 1.29 is 18.1 Å². The number of halogens is 2. The van der Waals surface area contributed by atoms with Gasteiger partial charge in [0.15, 0.2) is 9.84 Å². The average molecular weight is 415 g/mol. The highest BCUT2D eigenvalue weighted by atomic mass is 35.5. The van der Waals surface area contributed by atoms with Crippen molar-refractivity contribution >= 4 is 50.7 Å². The zero-order valence-electron chi connectivity index (χ0n) is 13.1. The number of carbonyl (C=O) groups is 1. The van der Waals surface area contributed by atoms with Crippen molar-refractivity contribution in [3.8, 4) is 0 Å². The van der Waals surface area contributed by atoms with Gasteiger partial charge in [-0.05, 0) is 23.3 Å². The van der Waals surface area contributed by atoms with E-state index in [1.54, 1.807) is 6.07 Å². The normalized spacial score (nSPS) is 12.0. The fourth-order valence-electron chi connectivity index (χ4n) is 2.10. The molecule has 0 aromatic heterocycles. The summed E-state index contributed by atoms with van der Waals surface area (Å²) in [6.07, 6.45) is 1.05. The van der Waals surface area contributed by atoms with Crippen LogP contribution in [-0.4, -0.2) is 19.2 Å². The van der Waals surface area contributed by atoms with Gasteiger partial charge in [-0.3, -0.25) is 14.9 Å². The molecule has 26 heavy (non-hydrogen) atoms. The maximum Gasteiger partial charge on any atom is 0.269 e. The van der Waals surface area contributed by atoms with E-state index in [1.807, 2.05) is 0 Å². The highest BCUT2D eigenvalue weighted by Crippen LogP contribution is 2.28. The topological polar surface area (TPSA) is 120 Å². The average Bonchev–Trinajstić information content (AvgIpc) is 2.55. The number of benzene rings is 2. The summed E-state index contributed by atoms with van der Waals surface area (Å²) in [7, 11) is -4.12. The monoisotopic (exact) mass is 414 g/mol. The van der Waals surface area contributed by atoms with Crippen LogP contribution in [-0.2, 0) is 20.4 Å². The van der Waals surface area contributed by atoms with Gasteiger partial charge in [0.1, 0.15) is 4.91 Å². The molecule has 2 aromatic carbocycles. The van der Waals surface area contributed by atoms with E-state index in [0.29, 0.717) is 0 Å². The van der Waals surface area contributed by atoms with Crippen LogP contribution in [0, 0.1) is 10.1 Å². The summed E-state index contributed by atoms with van der Waals surface area (Å²) in [5, 5.41) is 10.9. The van der Waals surface area contributed by atoms with Crippen molar-refractivity contribution in [2.24, 2.45) is 5.73 Å². The number of amides is 1. The van der Waals surface area contributed by atoms with E-state index >= 15 is 0 Å². The molecule has 10 heteroatoms. The standard InChI is InChI=1S/C16H12Cl2N2O5S/c17-13-3-1-2-11(15(13)18)8-14(16(19)21)26(24,25)9-10-4-6-12(7-5-10)20(22)23/h1-8H,9H2,(H2,19,21)/b14-8-. The molecule has 2 aromatic rings. The molecule has 0 saturated heterocycles. The molecule has 0 fully saturated rings. The molecule has 0 spiro atoms. The molecule has 2 N–H and O–H groups in total. The van der Waals surface area contributed by atoms with Gasteiger partial charge in [0, 0.05) is 12.1 Å². The number of nitrogens with zero attached hydrogens (tertiary/aromatic N) is 1. The number of hydrogen-bond donors (Lipinski definition) is 1. The number of nitrogens with two attached hydrogens (primary N) is 1. The first-order valence-electron chi connectivity index (χ1n) is 7.03. The largest absolute Gasteiger partial charge is 0.365 e. The molecule has 0 aliphatic carbocycles. The van der Waals surface area contributed by atoms with E-state index in [0.717, 1.165) is 6.08 Å². The Morgan fingerprint density at radius 2 is 1.77 bits per heavy atom. The Bertz CT molecular complexity index is 1000. The van der Waals surface area contributed by atoms with Gasteiger partial charge in [0.25, 0.3) is 11.6 Å². The van der Waals surface area contributed by atoms with Crippen molar-refractivity contribution in [2.45, 2.75) is 5.75 Å². The molecule has 0 atom stereocenters. The van der Waals surface area contributed by atoms with Crippen molar-refractivity contribution in [3.63, 3.8) is 0 Å². The first-order chi connectivity index (χ1) is 12.1. The molecule has 7 nitrogen and oxygen atoms in total. The summed E-state index contributed by atoms with van der Waals surface area (Å²) in [4.78, 5) is 21.1. The van der Waals surface area contributed by atoms with Gasteiger partial charge in [-0.1, -0.05) is 47.5 Å². The Morgan fingerprint density at radius 1 is 1.15 bits per heavy atom. The lowest BCUT2D eigenvalue weighted by Gasteiger charge is -2.08. The molecule has 0 unspecified atom stereocenters. The third-order valence-corrected chi connectivity index (χ3v) is 5.89. The summed E-state index contributed by atoms with van der Waals surface area (Å²) < 4.78 is 25.2. The lowest BCUT2D eigenvalue weighted by molar-refractivity contribution is -0.384. The van der Waals surface area contributed by atoms with Crippen LogP contribution in [0.25, 0.3) is 6.08 Å². The Kier molecular flexibility index (Phi) is 6.01. The number of nitro groups is 1. The van der Waals surface area contributed by atoms with Crippen LogP contribution in [0.15, 0.2) is 47.4 Å². The molecule has 1 amide bonds. The van der Waals surface area contributed by atoms with E-state index in [4.69, 9.17) is 28.9 Å². The summed E-state index contributed by atoms with van der Waals surface area (Å²) in [5.74, 6) is -1.71. The molecule has 0 bridgehead atoms. The molecule has 0 saturated carbocycles. The molecule has 0 aliphatic heterocycles. The molecular weight excluding hydrogens is 403 g/mol. The number of carbonyl (C=O) groups excluding carboxylic acids is 1. The lowest BCUT2D eigenvalue weighted by Crippen LogP contribution is -2.22. The van der Waals surface area contributed by atoms with Gasteiger partial charge in [-0.2, -0.15) is 0 Å². The summed E-state index contributed by atoms with van der Waals surface area (Å²) in [6.45, 7) is 0. The lowest BCUT2D eigenvalue weighted by atomic mass is 10.2. The second-order valence-electron chi connectivity index (χ2n) is 5.20. The fourth-order valence-corrected chi connectivity index (χ4v) is 3.86. The zero-order chi connectivity index (χ0) is 19.5. The highest BCUT2D eigenvalue weighted by Gasteiger charge is 2.24. The van der Waals surface area contributed by atoms with Crippen molar-refractivity contribution in [3.05, 3.63) is 78.7 Å². The molecule has 0 aliphatic rings. The van der Waals surface area contributed by atoms with Gasteiger partial charge < -0.3 is 5.73 Å². The molecular formula is C16H12Cl2N2O5S. The van der Waals surface area contributed by atoms with Crippen LogP contribution in [0.4, 0.5) is 5.69 Å². The van der Waals surface area contributed by atoms with Crippen molar-refractivity contribution in [1.82, 2.24) is 0 Å². The smallest absolute Gasteiger partial charge is 0.269 e. The Morgan fingerprint density at radius 3 is 2.31 bits per heavy atom. The Balaban J connectivity index is 2.42. The quantitative estimate of drug-likeness (QED) is 0.441. The molecule has 0 heterocycles. The van der Waals surface area contributed by atoms with E-state index in [2.05, 4.69) is 0 Å². The van der Waals surface area contributed by atoms with Crippen LogP contribution in [0.2, 0.25) is 10.0 Å². The number of nitro benzene ring substituents is 1. The SMILES string of the molecule is NC(=O)/C(=C/c1cccc(Cl)c1Cl)S(=O)(=O)Cc1ccc([N+](=O)[O-])cc1. The summed E-state index contributed by atoms with van der Waals surface area (Å²) >= 11 is 11.9. The molecule has 2 rings (SSSR count). The van der Waals surface area contributed by atoms with Crippen molar-refractivity contribution in [1.29, 1.82) is 0 Å². The fraction of sp³-hybridized carbons (Fsp3) is 0.0625. The van der Waals surface area contributed by atoms with Gasteiger partial charge in [0.2, 0.25) is 0 Å². The zero-order valence-corrected chi connectivity index (χ0v) is 15.4. The summed E-state index contributed by atoms with van der Waals surface area (Å²) in [5.41, 5.74) is 5.53. The number of sulfone groups is 1. The minimum absolute atomic E-state index is 0.0819. The summed E-state index contributed by atoms with van der Waals surface area (Å²) in [6, 6.07) is 9.47. The van der Waals surface area contributed by atoms with Crippen molar-refractivity contribution in [2.75, 3.05) is 0 Å². The van der Waals surface area contributed by atoms with Gasteiger partial charge >= 0.3 is 0 Å². The minimum Gasteiger partial charge on any atom is -0.365 e. The van der Waals surface area contributed by atoms with Gasteiger partial charge in [-0.25, -0.2) is 8.42 Å². The minimum atomic E-state index is -4.12. The second kappa shape index (κ2) is 7.86. The van der Waals surface area contributed by atoms with E-state index in [-0.39, 0.29) is 26.9 Å². The predicted octanol–water partition coefficient (Wildman–Crippen LogP) is 3.34. The van der Waals surface area contributed by atoms with Crippen LogP contribution in [0.1, 0.15) is 11.1 Å². The van der Waals surface area contributed by atoms with Crippen LogP contribution in [0.3, 0.4) is 0 Å². The van der Waals surface area contributed by atoms with Crippen LogP contribution >= 0.6 is 23.2 Å². The Labute approximate surface area is 159 Å².